The minimum absolute atomic E-state index is 0.251. The molecule has 13 heavy (non-hydrogen) atoms. The number of hydrogen-bond donors (Lipinski definition) is 1. The van der Waals surface area contributed by atoms with Crippen molar-refractivity contribution in [3.63, 3.8) is 0 Å². The van der Waals surface area contributed by atoms with Gasteiger partial charge in [-0.25, -0.2) is 0 Å². The zero-order chi connectivity index (χ0) is 10.0. The van der Waals surface area contributed by atoms with Crippen molar-refractivity contribution in [2.75, 3.05) is 7.05 Å². The molecule has 1 unspecified atom stereocenters. The summed E-state index contributed by atoms with van der Waals surface area (Å²) in [5.74, 6) is 0. The standard InChI is InChI=1S/C10H15ClN2/c1-6-5-9(11)10(7(2)12-4)8(3)13-6/h5,7,12H,1-4H3. The summed E-state index contributed by atoms with van der Waals surface area (Å²) < 4.78 is 0. The average molecular weight is 199 g/mol. The third kappa shape index (κ3) is 2.20. The minimum Gasteiger partial charge on any atom is -0.313 e. The second-order valence-corrected chi connectivity index (χ2v) is 3.66. The molecule has 3 heteroatoms. The van der Waals surface area contributed by atoms with E-state index >= 15 is 0 Å². The lowest BCUT2D eigenvalue weighted by Gasteiger charge is -2.15. The predicted octanol–water partition coefficient (Wildman–Crippen LogP) is 2.63. The van der Waals surface area contributed by atoms with Crippen LogP contribution in [0.3, 0.4) is 0 Å². The van der Waals surface area contributed by atoms with Crippen LogP contribution in [-0.2, 0) is 0 Å². The quantitative estimate of drug-likeness (QED) is 0.791. The van der Waals surface area contributed by atoms with Crippen LogP contribution in [0, 0.1) is 13.8 Å². The van der Waals surface area contributed by atoms with Crippen LogP contribution in [0.5, 0.6) is 0 Å². The fourth-order valence-electron chi connectivity index (χ4n) is 1.46. The number of halogens is 1. The Kier molecular flexibility index (Phi) is 3.28. The topological polar surface area (TPSA) is 24.9 Å². The SMILES string of the molecule is CNC(C)c1c(Cl)cc(C)nc1C. The van der Waals surface area contributed by atoms with E-state index in [9.17, 15) is 0 Å². The maximum atomic E-state index is 6.13. The maximum absolute atomic E-state index is 6.13. The molecule has 0 aliphatic rings. The highest BCUT2D eigenvalue weighted by Crippen LogP contribution is 2.25. The third-order valence-corrected chi connectivity index (χ3v) is 2.51. The van der Waals surface area contributed by atoms with Crippen LogP contribution in [0.2, 0.25) is 5.02 Å². The highest BCUT2D eigenvalue weighted by Gasteiger charge is 2.11. The highest BCUT2D eigenvalue weighted by molar-refractivity contribution is 6.31. The van der Waals surface area contributed by atoms with E-state index in [0.29, 0.717) is 0 Å². The molecule has 1 atom stereocenters. The summed E-state index contributed by atoms with van der Waals surface area (Å²) in [7, 11) is 1.92. The molecule has 0 aromatic carbocycles. The van der Waals surface area contributed by atoms with Crippen molar-refractivity contribution < 1.29 is 0 Å². The summed E-state index contributed by atoms with van der Waals surface area (Å²) in [4.78, 5) is 4.38. The van der Waals surface area contributed by atoms with E-state index in [1.54, 1.807) is 0 Å². The molecule has 72 valence electrons. The van der Waals surface area contributed by atoms with Gasteiger partial charge in [-0.15, -0.1) is 0 Å². The summed E-state index contributed by atoms with van der Waals surface area (Å²) in [5, 5.41) is 3.96. The van der Waals surface area contributed by atoms with Crippen molar-refractivity contribution >= 4 is 11.6 Å². The summed E-state index contributed by atoms with van der Waals surface area (Å²) in [6.07, 6.45) is 0. The van der Waals surface area contributed by atoms with Crippen LogP contribution in [0.1, 0.15) is 29.9 Å². The van der Waals surface area contributed by atoms with E-state index in [1.165, 1.54) is 0 Å². The Labute approximate surface area is 84.3 Å². The molecule has 1 rings (SSSR count). The van der Waals surface area contributed by atoms with Gasteiger partial charge in [0.25, 0.3) is 0 Å². The zero-order valence-electron chi connectivity index (χ0n) is 8.48. The van der Waals surface area contributed by atoms with Gasteiger partial charge in [0.05, 0.1) is 0 Å². The molecule has 0 amide bonds. The average Bonchev–Trinajstić information content (AvgIpc) is 2.02. The van der Waals surface area contributed by atoms with Crippen LogP contribution in [0.15, 0.2) is 6.07 Å². The second kappa shape index (κ2) is 4.07. The van der Waals surface area contributed by atoms with Crippen molar-refractivity contribution in [3.05, 3.63) is 28.0 Å². The molecule has 0 saturated carbocycles. The summed E-state index contributed by atoms with van der Waals surface area (Å²) in [6.45, 7) is 6.01. The molecule has 0 aliphatic heterocycles. The fraction of sp³-hybridized carbons (Fsp3) is 0.500. The number of hydrogen-bond acceptors (Lipinski definition) is 2. The number of aromatic nitrogens is 1. The highest BCUT2D eigenvalue weighted by atomic mass is 35.5. The van der Waals surface area contributed by atoms with Gasteiger partial charge in [0, 0.05) is 28.0 Å². The lowest BCUT2D eigenvalue weighted by molar-refractivity contribution is 0.644. The van der Waals surface area contributed by atoms with Crippen molar-refractivity contribution in [3.8, 4) is 0 Å². The maximum Gasteiger partial charge on any atom is 0.0489 e. The number of rotatable bonds is 2. The molecular weight excluding hydrogens is 184 g/mol. The number of pyridine rings is 1. The first-order valence-corrected chi connectivity index (χ1v) is 4.75. The van der Waals surface area contributed by atoms with Gasteiger partial charge in [-0.2, -0.15) is 0 Å². The Hall–Kier alpha value is -0.600. The van der Waals surface area contributed by atoms with Gasteiger partial charge in [0.2, 0.25) is 0 Å². The molecule has 0 saturated heterocycles. The molecule has 1 aromatic heterocycles. The molecule has 1 N–H and O–H groups in total. The fourth-order valence-corrected chi connectivity index (χ4v) is 1.91. The van der Waals surface area contributed by atoms with Crippen LogP contribution >= 0.6 is 11.6 Å². The van der Waals surface area contributed by atoms with Gasteiger partial charge in [0.1, 0.15) is 0 Å². The van der Waals surface area contributed by atoms with Crippen LogP contribution in [0.4, 0.5) is 0 Å². The van der Waals surface area contributed by atoms with Crippen LogP contribution in [0.25, 0.3) is 0 Å². The van der Waals surface area contributed by atoms with Gasteiger partial charge in [0.15, 0.2) is 0 Å². The largest absolute Gasteiger partial charge is 0.313 e. The van der Waals surface area contributed by atoms with E-state index < -0.39 is 0 Å². The van der Waals surface area contributed by atoms with E-state index in [2.05, 4.69) is 17.2 Å². The first-order chi connectivity index (χ1) is 6.06. The molecule has 2 nitrogen and oxygen atoms in total. The smallest absolute Gasteiger partial charge is 0.0489 e. The van der Waals surface area contributed by atoms with Gasteiger partial charge in [-0.1, -0.05) is 11.6 Å². The predicted molar refractivity (Wildman–Crippen MR) is 56.2 cm³/mol. The van der Waals surface area contributed by atoms with Crippen molar-refractivity contribution in [1.82, 2.24) is 10.3 Å². The Morgan fingerprint density at radius 1 is 1.46 bits per heavy atom. The number of nitrogens with one attached hydrogen (secondary N) is 1. The van der Waals surface area contributed by atoms with Gasteiger partial charge < -0.3 is 5.32 Å². The zero-order valence-corrected chi connectivity index (χ0v) is 9.24. The number of aryl methyl sites for hydroxylation is 2. The van der Waals surface area contributed by atoms with E-state index in [0.717, 1.165) is 22.0 Å². The molecule has 0 spiro atoms. The normalized spacial score (nSPS) is 13.0. The van der Waals surface area contributed by atoms with Gasteiger partial charge in [-0.3, -0.25) is 4.98 Å². The van der Waals surface area contributed by atoms with E-state index in [4.69, 9.17) is 11.6 Å². The van der Waals surface area contributed by atoms with E-state index in [-0.39, 0.29) is 6.04 Å². The third-order valence-electron chi connectivity index (χ3n) is 2.19. The van der Waals surface area contributed by atoms with Crippen molar-refractivity contribution in [2.24, 2.45) is 0 Å². The minimum atomic E-state index is 0.251. The Balaban J connectivity index is 3.20. The van der Waals surface area contributed by atoms with Crippen LogP contribution < -0.4 is 5.32 Å². The molecule has 0 aliphatic carbocycles. The molecular formula is C10H15ClN2. The first-order valence-electron chi connectivity index (χ1n) is 4.37. The van der Waals surface area contributed by atoms with Crippen molar-refractivity contribution in [1.29, 1.82) is 0 Å². The van der Waals surface area contributed by atoms with Crippen LogP contribution in [-0.4, -0.2) is 12.0 Å². The molecule has 0 fully saturated rings. The lowest BCUT2D eigenvalue weighted by atomic mass is 10.1. The molecule has 0 bridgehead atoms. The Bertz CT molecular complexity index is 287. The summed E-state index contributed by atoms with van der Waals surface area (Å²) in [5.41, 5.74) is 3.07. The van der Waals surface area contributed by atoms with E-state index in [1.807, 2.05) is 27.0 Å². The Morgan fingerprint density at radius 3 is 2.54 bits per heavy atom. The monoisotopic (exact) mass is 198 g/mol. The number of nitrogens with zero attached hydrogens (tertiary/aromatic N) is 1. The summed E-state index contributed by atoms with van der Waals surface area (Å²) >= 11 is 6.13. The molecule has 1 heterocycles. The van der Waals surface area contributed by atoms with Gasteiger partial charge >= 0.3 is 0 Å². The Morgan fingerprint density at radius 2 is 2.08 bits per heavy atom. The first kappa shape index (κ1) is 10.5. The molecule has 0 radical (unpaired) electrons. The second-order valence-electron chi connectivity index (χ2n) is 3.25. The lowest BCUT2D eigenvalue weighted by Crippen LogP contribution is -2.15. The molecule has 1 aromatic rings. The van der Waals surface area contributed by atoms with Crippen molar-refractivity contribution in [2.45, 2.75) is 26.8 Å². The summed E-state index contributed by atoms with van der Waals surface area (Å²) in [6, 6.07) is 2.15. The van der Waals surface area contributed by atoms with Gasteiger partial charge in [-0.05, 0) is 33.9 Å².